The van der Waals surface area contributed by atoms with Gasteiger partial charge < -0.3 is 32.1 Å². The van der Waals surface area contributed by atoms with Crippen molar-refractivity contribution < 1.29 is 42.3 Å². The topological polar surface area (TPSA) is 198 Å². The van der Waals surface area contributed by atoms with Crippen molar-refractivity contribution in [3.8, 4) is 5.69 Å². The summed E-state index contributed by atoms with van der Waals surface area (Å²) < 4.78 is 41.3. The largest absolute Gasteiger partial charge is 0.416 e. The van der Waals surface area contributed by atoms with E-state index in [1.807, 2.05) is 35.6 Å². The van der Waals surface area contributed by atoms with Crippen molar-refractivity contribution in [2.45, 2.75) is 83.4 Å². The van der Waals surface area contributed by atoms with Crippen molar-refractivity contribution in [3.05, 3.63) is 83.7 Å². The number of aliphatic hydroxyl groups is 1. The second-order valence-electron chi connectivity index (χ2n) is 12.2. The molecule has 0 aliphatic rings. The van der Waals surface area contributed by atoms with E-state index in [-0.39, 0.29) is 12.0 Å². The number of hydrogen-bond donors (Lipinski definition) is 6. The van der Waals surface area contributed by atoms with Crippen LogP contribution in [0.1, 0.15) is 55.2 Å². The summed E-state index contributed by atoms with van der Waals surface area (Å²) in [6, 6.07) is 12.0. The number of carbonyl (C=O) groups excluding carboxylic acids is 5. The maximum absolute atomic E-state index is 13.7. The summed E-state index contributed by atoms with van der Waals surface area (Å²) in [7, 11) is 0. The molecular formula is C34H42F3N7O6. The highest BCUT2D eigenvalue weighted by molar-refractivity contribution is 5.99. The third-order valence-electron chi connectivity index (χ3n) is 7.90. The molecule has 270 valence electrons. The summed E-state index contributed by atoms with van der Waals surface area (Å²) in [5, 5.41) is 23.9. The van der Waals surface area contributed by atoms with Gasteiger partial charge in [-0.25, -0.2) is 4.68 Å². The van der Waals surface area contributed by atoms with Crippen LogP contribution in [0.2, 0.25) is 0 Å². The number of nitrogens with one attached hydrogen (secondary N) is 4. The number of rotatable bonds is 16. The lowest BCUT2D eigenvalue weighted by molar-refractivity contribution is -0.212. The Hall–Kier alpha value is -5.25. The van der Waals surface area contributed by atoms with Crippen LogP contribution in [0.15, 0.2) is 66.9 Å². The predicted molar refractivity (Wildman–Crippen MR) is 176 cm³/mol. The van der Waals surface area contributed by atoms with Gasteiger partial charge in [-0.3, -0.25) is 24.0 Å². The standard InChI is InChI=1S/C34H42F3N7O6/c1-19(2)28(43-31(48)24-18-39-44(21(24)4)23-13-9-6-10-14-23)33(50)42-26(17-22-11-7-5-8-12-22)32(49)40-20(3)30(47)41-25(15-16-27(38)45)29(46)34(35,36)37/h5-14,18-20,25-26,28-29,46H,15-17H2,1-4H3,(H2,38,45)(H,40,49)(H,41,47)(H,42,50)(H,43,48)/t20-,25?,26-,28-,29?/m0/s1. The van der Waals surface area contributed by atoms with Gasteiger partial charge >= 0.3 is 6.18 Å². The van der Waals surface area contributed by atoms with Crippen LogP contribution < -0.4 is 27.0 Å². The van der Waals surface area contributed by atoms with Crippen molar-refractivity contribution in [1.82, 2.24) is 31.0 Å². The van der Waals surface area contributed by atoms with Crippen LogP contribution in [-0.4, -0.2) is 80.9 Å². The Balaban J connectivity index is 1.77. The van der Waals surface area contributed by atoms with Crippen molar-refractivity contribution in [1.29, 1.82) is 0 Å². The lowest BCUT2D eigenvalue weighted by Gasteiger charge is -2.28. The zero-order valence-electron chi connectivity index (χ0n) is 28.0. The molecule has 0 bridgehead atoms. The lowest BCUT2D eigenvalue weighted by atomic mass is 10.00. The number of benzene rings is 2. The summed E-state index contributed by atoms with van der Waals surface area (Å²) in [6.07, 6.45) is -7.93. The molecule has 0 aliphatic heterocycles. The summed E-state index contributed by atoms with van der Waals surface area (Å²) in [5.74, 6) is -4.57. The first-order valence-electron chi connectivity index (χ1n) is 15.9. The summed E-state index contributed by atoms with van der Waals surface area (Å²) in [6.45, 7) is 6.32. The van der Waals surface area contributed by atoms with Crippen molar-refractivity contribution >= 4 is 29.5 Å². The van der Waals surface area contributed by atoms with Crippen LogP contribution in [0, 0.1) is 12.8 Å². The van der Waals surface area contributed by atoms with Crippen LogP contribution >= 0.6 is 0 Å². The normalized spacial score (nSPS) is 14.5. The van der Waals surface area contributed by atoms with Crippen LogP contribution in [0.4, 0.5) is 13.2 Å². The molecule has 3 aromatic rings. The molecule has 16 heteroatoms. The first kappa shape index (κ1) is 39.2. The molecule has 3 rings (SSSR count). The van der Waals surface area contributed by atoms with Gasteiger partial charge in [0.05, 0.1) is 29.2 Å². The number of amides is 5. The van der Waals surface area contributed by atoms with Gasteiger partial charge in [0.1, 0.15) is 18.1 Å². The number of carbonyl (C=O) groups is 5. The molecule has 0 saturated heterocycles. The summed E-state index contributed by atoms with van der Waals surface area (Å²) >= 11 is 0. The molecule has 7 N–H and O–H groups in total. The van der Waals surface area contributed by atoms with Gasteiger partial charge in [-0.15, -0.1) is 0 Å². The van der Waals surface area contributed by atoms with Gasteiger partial charge in [-0.05, 0) is 43.9 Å². The number of nitrogens with two attached hydrogens (primary N) is 1. The van der Waals surface area contributed by atoms with Crippen LogP contribution in [0.3, 0.4) is 0 Å². The molecule has 0 saturated carbocycles. The Bertz CT molecular complexity index is 1630. The highest BCUT2D eigenvalue weighted by Crippen LogP contribution is 2.24. The highest BCUT2D eigenvalue weighted by atomic mass is 19.4. The van der Waals surface area contributed by atoms with Crippen LogP contribution in [0.5, 0.6) is 0 Å². The Labute approximate surface area is 287 Å². The van der Waals surface area contributed by atoms with E-state index in [2.05, 4.69) is 21.0 Å². The number of para-hydroxylation sites is 1. The number of hydrogen-bond acceptors (Lipinski definition) is 7. The Morgan fingerprint density at radius 2 is 1.46 bits per heavy atom. The SMILES string of the molecule is Cc1c(C(=O)N[C@H](C(=O)N[C@@H](Cc2ccccc2)C(=O)N[C@@H](C)C(=O)NC(CCC(N)=O)C(O)C(F)(F)F)C(C)C)cnn1-c1ccccc1. The molecule has 0 radical (unpaired) electrons. The van der Waals surface area contributed by atoms with E-state index in [0.29, 0.717) is 11.3 Å². The molecule has 5 atom stereocenters. The maximum Gasteiger partial charge on any atom is 0.416 e. The molecule has 5 amide bonds. The van der Waals surface area contributed by atoms with Crippen molar-refractivity contribution in [2.24, 2.45) is 11.7 Å². The zero-order valence-corrected chi connectivity index (χ0v) is 28.0. The molecule has 50 heavy (non-hydrogen) atoms. The molecule has 0 spiro atoms. The Morgan fingerprint density at radius 1 is 0.860 bits per heavy atom. The molecule has 13 nitrogen and oxygen atoms in total. The first-order chi connectivity index (χ1) is 23.5. The van der Waals surface area contributed by atoms with E-state index in [9.17, 15) is 42.3 Å². The number of primary amides is 1. The second-order valence-corrected chi connectivity index (χ2v) is 12.2. The molecule has 0 aliphatic carbocycles. The second kappa shape index (κ2) is 17.4. The number of alkyl halides is 3. The van der Waals surface area contributed by atoms with E-state index in [1.54, 1.807) is 55.8 Å². The minimum atomic E-state index is -5.11. The zero-order chi connectivity index (χ0) is 37.2. The van der Waals surface area contributed by atoms with Crippen molar-refractivity contribution in [2.75, 3.05) is 0 Å². The quantitative estimate of drug-likeness (QED) is 0.131. The first-order valence-corrected chi connectivity index (χ1v) is 15.9. The van der Waals surface area contributed by atoms with Gasteiger partial charge in [0.2, 0.25) is 23.6 Å². The van der Waals surface area contributed by atoms with E-state index in [0.717, 1.165) is 5.69 Å². The number of aromatic nitrogens is 2. The highest BCUT2D eigenvalue weighted by Gasteiger charge is 2.44. The predicted octanol–water partition coefficient (Wildman–Crippen LogP) is 1.84. The smallest absolute Gasteiger partial charge is 0.382 e. The molecule has 0 fully saturated rings. The summed E-state index contributed by atoms with van der Waals surface area (Å²) in [4.78, 5) is 64.6. The Kier molecular flexibility index (Phi) is 13.7. The number of halogens is 3. The van der Waals surface area contributed by atoms with Gasteiger partial charge in [-0.1, -0.05) is 62.4 Å². The van der Waals surface area contributed by atoms with Crippen LogP contribution in [-0.2, 0) is 25.6 Å². The fraction of sp³-hybridized carbons (Fsp3) is 0.412. The summed E-state index contributed by atoms with van der Waals surface area (Å²) in [5.41, 5.74) is 7.17. The third kappa shape index (κ3) is 10.9. The molecule has 2 aromatic carbocycles. The van der Waals surface area contributed by atoms with E-state index in [4.69, 9.17) is 5.73 Å². The fourth-order valence-electron chi connectivity index (χ4n) is 5.06. The van der Waals surface area contributed by atoms with E-state index < -0.39 is 84.7 Å². The number of aliphatic hydroxyl groups excluding tert-OH is 1. The third-order valence-corrected chi connectivity index (χ3v) is 7.90. The van der Waals surface area contributed by atoms with Crippen LogP contribution in [0.25, 0.3) is 5.69 Å². The van der Waals surface area contributed by atoms with E-state index in [1.165, 1.54) is 13.1 Å². The molecule has 1 heterocycles. The Morgan fingerprint density at radius 3 is 2.02 bits per heavy atom. The average Bonchev–Trinajstić information content (AvgIpc) is 3.45. The monoisotopic (exact) mass is 701 g/mol. The molecular weight excluding hydrogens is 659 g/mol. The van der Waals surface area contributed by atoms with Gasteiger partial charge in [0, 0.05) is 12.8 Å². The van der Waals surface area contributed by atoms with E-state index >= 15 is 0 Å². The minimum absolute atomic E-state index is 0.0392. The van der Waals surface area contributed by atoms with Gasteiger partial charge in [-0.2, -0.15) is 18.3 Å². The average molecular weight is 702 g/mol. The molecule has 1 aromatic heterocycles. The number of nitrogens with zero attached hydrogens (tertiary/aromatic N) is 2. The minimum Gasteiger partial charge on any atom is -0.382 e. The molecule has 2 unspecified atom stereocenters. The lowest BCUT2D eigenvalue weighted by Crippen LogP contribution is -2.59. The van der Waals surface area contributed by atoms with Gasteiger partial charge in [0.25, 0.3) is 5.91 Å². The van der Waals surface area contributed by atoms with Gasteiger partial charge in [0.15, 0.2) is 6.10 Å². The van der Waals surface area contributed by atoms with Crippen molar-refractivity contribution in [3.63, 3.8) is 0 Å². The fourth-order valence-corrected chi connectivity index (χ4v) is 5.06. The maximum atomic E-state index is 13.7.